The maximum atomic E-state index is 11.2. The van der Waals surface area contributed by atoms with Gasteiger partial charge in [-0.1, -0.05) is 0 Å². The summed E-state index contributed by atoms with van der Waals surface area (Å²) in [4.78, 5) is 11.2. The molecule has 5 atom stereocenters. The molecule has 2 rings (SSSR count). The van der Waals surface area contributed by atoms with Crippen molar-refractivity contribution in [3.63, 3.8) is 0 Å². The van der Waals surface area contributed by atoms with Crippen LogP contribution in [0.25, 0.3) is 0 Å². The number of hydrogen-bond donors (Lipinski definition) is 1. The smallest absolute Gasteiger partial charge is 0.305 e. The molecule has 0 spiro atoms. The summed E-state index contributed by atoms with van der Waals surface area (Å²) in [5.41, 5.74) is 6.09. The maximum Gasteiger partial charge on any atom is 0.305 e. The molecule has 0 aromatic heterocycles. The molecule has 0 aliphatic carbocycles. The van der Waals surface area contributed by atoms with E-state index in [1.807, 2.05) is 13.8 Å². The fraction of sp³-hybridized carbons (Fsp3) is 0.923. The molecule has 0 bridgehead atoms. The van der Waals surface area contributed by atoms with E-state index < -0.39 is 12.1 Å². The van der Waals surface area contributed by atoms with E-state index in [4.69, 9.17) is 24.7 Å². The van der Waals surface area contributed by atoms with Crippen molar-refractivity contribution in [2.24, 2.45) is 5.73 Å². The fourth-order valence-corrected chi connectivity index (χ4v) is 2.67. The Labute approximate surface area is 118 Å². The highest BCUT2D eigenvalue weighted by molar-refractivity contribution is 5.69. The van der Waals surface area contributed by atoms with E-state index in [2.05, 4.69) is 4.74 Å². The molecule has 0 unspecified atom stereocenters. The summed E-state index contributed by atoms with van der Waals surface area (Å²) < 4.78 is 27.3. The summed E-state index contributed by atoms with van der Waals surface area (Å²) in [5, 5.41) is 0. The molecule has 0 amide bonds. The van der Waals surface area contributed by atoms with Crippen molar-refractivity contribution in [2.45, 2.75) is 63.1 Å². The zero-order chi connectivity index (χ0) is 14.9. The molecule has 0 aromatic rings. The van der Waals surface area contributed by atoms with Gasteiger partial charge in [0.25, 0.3) is 0 Å². The number of methoxy groups -OCH3 is 2. The first-order valence-corrected chi connectivity index (χ1v) is 6.74. The van der Waals surface area contributed by atoms with Crippen LogP contribution < -0.4 is 5.73 Å². The minimum Gasteiger partial charge on any atom is -0.469 e. The Morgan fingerprint density at radius 1 is 1.35 bits per heavy atom. The summed E-state index contributed by atoms with van der Waals surface area (Å²) >= 11 is 0. The Kier molecular flexibility index (Phi) is 4.66. The highest BCUT2D eigenvalue weighted by Gasteiger charge is 2.56. The molecule has 2 saturated heterocycles. The zero-order valence-corrected chi connectivity index (χ0v) is 12.3. The second kappa shape index (κ2) is 5.95. The Morgan fingerprint density at radius 3 is 2.65 bits per heavy atom. The van der Waals surface area contributed by atoms with Gasteiger partial charge in [0.05, 0.1) is 7.11 Å². The predicted octanol–water partition coefficient (Wildman–Crippen LogP) is 0.158. The Hall–Kier alpha value is -0.730. The second-order valence-corrected chi connectivity index (χ2v) is 5.55. The van der Waals surface area contributed by atoms with Crippen molar-refractivity contribution in [3.05, 3.63) is 0 Å². The van der Waals surface area contributed by atoms with E-state index in [1.165, 1.54) is 7.11 Å². The highest BCUT2D eigenvalue weighted by Crippen LogP contribution is 2.39. The first kappa shape index (κ1) is 15.7. The zero-order valence-electron chi connectivity index (χ0n) is 12.3. The average molecular weight is 289 g/mol. The van der Waals surface area contributed by atoms with Gasteiger partial charge < -0.3 is 29.4 Å². The molecule has 7 nitrogen and oxygen atoms in total. The number of esters is 1. The van der Waals surface area contributed by atoms with E-state index in [0.29, 0.717) is 6.42 Å². The lowest BCUT2D eigenvalue weighted by Crippen LogP contribution is -2.46. The minimum absolute atomic E-state index is 0.247. The fourth-order valence-electron chi connectivity index (χ4n) is 2.67. The van der Waals surface area contributed by atoms with Crippen molar-refractivity contribution < 1.29 is 28.5 Å². The van der Waals surface area contributed by atoms with E-state index in [1.54, 1.807) is 7.11 Å². The highest BCUT2D eigenvalue weighted by atomic mass is 16.8. The monoisotopic (exact) mass is 289 g/mol. The van der Waals surface area contributed by atoms with Crippen molar-refractivity contribution in [1.29, 1.82) is 0 Å². The summed E-state index contributed by atoms with van der Waals surface area (Å²) in [7, 11) is 2.94. The third-order valence-corrected chi connectivity index (χ3v) is 3.63. The van der Waals surface area contributed by atoms with Gasteiger partial charge in [0, 0.05) is 19.6 Å². The van der Waals surface area contributed by atoms with Gasteiger partial charge in [-0.05, 0) is 20.3 Å². The maximum absolute atomic E-state index is 11.2. The first-order chi connectivity index (χ1) is 9.38. The molecular formula is C13H23NO6. The van der Waals surface area contributed by atoms with Crippen molar-refractivity contribution in [2.75, 3.05) is 14.2 Å². The van der Waals surface area contributed by atoms with Crippen molar-refractivity contribution in [3.8, 4) is 0 Å². The minimum atomic E-state index is -0.687. The molecule has 2 fully saturated rings. The van der Waals surface area contributed by atoms with Gasteiger partial charge in [0.1, 0.15) is 18.3 Å². The molecule has 7 heteroatoms. The van der Waals surface area contributed by atoms with Crippen molar-refractivity contribution >= 4 is 5.97 Å². The van der Waals surface area contributed by atoms with Crippen LogP contribution in [0.4, 0.5) is 0 Å². The van der Waals surface area contributed by atoms with Gasteiger partial charge in [-0.15, -0.1) is 0 Å². The molecule has 2 aliphatic heterocycles. The van der Waals surface area contributed by atoms with E-state index in [9.17, 15) is 4.79 Å². The van der Waals surface area contributed by atoms with Gasteiger partial charge in [-0.3, -0.25) is 4.79 Å². The molecule has 116 valence electrons. The third-order valence-electron chi connectivity index (χ3n) is 3.63. The lowest BCUT2D eigenvalue weighted by Gasteiger charge is -2.28. The Balaban J connectivity index is 1.95. The quantitative estimate of drug-likeness (QED) is 0.721. The van der Waals surface area contributed by atoms with E-state index >= 15 is 0 Å². The number of rotatable bonds is 5. The van der Waals surface area contributed by atoms with Crippen LogP contribution >= 0.6 is 0 Å². The average Bonchev–Trinajstić information content (AvgIpc) is 2.86. The Bertz CT molecular complexity index is 361. The molecule has 0 radical (unpaired) electrons. The van der Waals surface area contributed by atoms with Crippen LogP contribution in [0.3, 0.4) is 0 Å². The van der Waals surface area contributed by atoms with Gasteiger partial charge in [-0.25, -0.2) is 0 Å². The summed E-state index contributed by atoms with van der Waals surface area (Å²) in [5.74, 6) is -0.978. The van der Waals surface area contributed by atoms with Crippen LogP contribution in [0.15, 0.2) is 0 Å². The molecule has 2 aliphatic rings. The summed E-state index contributed by atoms with van der Waals surface area (Å²) in [6.45, 7) is 3.65. The van der Waals surface area contributed by atoms with Crippen LogP contribution in [0, 0.1) is 0 Å². The van der Waals surface area contributed by atoms with Crippen LogP contribution in [0.5, 0.6) is 0 Å². The standard InChI is InChI=1S/C13H23NO6/c1-13(2)19-11-10(17-4)9(18-12(11)20-13)7(14)5-6-8(15)16-3/h7,9-12H,5-6,14H2,1-4H3/t7-,9+,10-,11+,12+/m0/s1. The topological polar surface area (TPSA) is 89.2 Å². The lowest BCUT2D eigenvalue weighted by molar-refractivity contribution is -0.219. The van der Waals surface area contributed by atoms with Crippen molar-refractivity contribution in [1.82, 2.24) is 0 Å². The largest absolute Gasteiger partial charge is 0.469 e. The SMILES string of the molecule is COC(=O)CC[C@H](N)[C@H]1O[C@@H]2OC(C)(C)O[C@@H]2[C@H]1OC. The predicted molar refractivity (Wildman–Crippen MR) is 68.7 cm³/mol. The number of carbonyl (C=O) groups is 1. The summed E-state index contributed by atoms with van der Waals surface area (Å²) in [6.07, 6.45) is -0.755. The molecule has 0 aromatic carbocycles. The van der Waals surface area contributed by atoms with E-state index in [0.717, 1.165) is 0 Å². The van der Waals surface area contributed by atoms with Gasteiger partial charge >= 0.3 is 5.97 Å². The van der Waals surface area contributed by atoms with Gasteiger partial charge in [0.2, 0.25) is 0 Å². The van der Waals surface area contributed by atoms with Crippen LogP contribution in [-0.4, -0.2) is 56.6 Å². The molecule has 0 saturated carbocycles. The Morgan fingerprint density at radius 2 is 2.05 bits per heavy atom. The van der Waals surface area contributed by atoms with Crippen LogP contribution in [-0.2, 0) is 28.5 Å². The number of ether oxygens (including phenoxy) is 5. The van der Waals surface area contributed by atoms with Gasteiger partial charge in [-0.2, -0.15) is 0 Å². The second-order valence-electron chi connectivity index (χ2n) is 5.55. The normalized spacial score (nSPS) is 36.6. The van der Waals surface area contributed by atoms with Crippen LogP contribution in [0.2, 0.25) is 0 Å². The number of nitrogens with two attached hydrogens (primary N) is 1. The molecule has 20 heavy (non-hydrogen) atoms. The van der Waals surface area contributed by atoms with E-state index in [-0.39, 0.29) is 36.7 Å². The molecular weight excluding hydrogens is 266 g/mol. The molecule has 2 heterocycles. The third kappa shape index (κ3) is 3.12. The number of fused-ring (bicyclic) bond motifs is 1. The summed E-state index contributed by atoms with van der Waals surface area (Å²) in [6, 6.07) is -0.347. The first-order valence-electron chi connectivity index (χ1n) is 6.74. The number of carbonyl (C=O) groups excluding carboxylic acids is 1. The number of hydrogen-bond acceptors (Lipinski definition) is 7. The lowest BCUT2D eigenvalue weighted by atomic mass is 10.00. The van der Waals surface area contributed by atoms with Gasteiger partial charge in [0.15, 0.2) is 12.1 Å². The molecule has 2 N–H and O–H groups in total. The van der Waals surface area contributed by atoms with Crippen LogP contribution in [0.1, 0.15) is 26.7 Å².